The van der Waals surface area contributed by atoms with Crippen LogP contribution in [0, 0.1) is 5.92 Å². The monoisotopic (exact) mass is 659 g/mol. The van der Waals surface area contributed by atoms with Crippen LogP contribution in [0.1, 0.15) is 68.7 Å². The lowest BCUT2D eigenvalue weighted by molar-refractivity contribution is -0.135. The van der Waals surface area contributed by atoms with Gasteiger partial charge in [0.15, 0.2) is 11.5 Å². The minimum Gasteiger partial charge on any atom is -0.504 e. The van der Waals surface area contributed by atoms with Crippen molar-refractivity contribution < 1.29 is 19.4 Å². The average molecular weight is 660 g/mol. The fraction of sp³-hybridized carbons (Fsp3) is 0.486. The molecule has 2 atom stereocenters. The van der Waals surface area contributed by atoms with Crippen molar-refractivity contribution in [3.63, 3.8) is 0 Å². The van der Waals surface area contributed by atoms with Crippen LogP contribution in [-0.4, -0.2) is 84.1 Å². The number of phenolic OH excluding ortho intramolecular Hbond substituents is 1. The van der Waals surface area contributed by atoms with Gasteiger partial charge in [-0.15, -0.1) is 0 Å². The molecular formula is C37H46ClN5O4. The van der Waals surface area contributed by atoms with Crippen LogP contribution in [0.4, 0.5) is 11.5 Å². The number of halogens is 1. The van der Waals surface area contributed by atoms with Gasteiger partial charge in [0.1, 0.15) is 5.82 Å². The zero-order chi connectivity index (χ0) is 33.2. The Balaban J connectivity index is 1.19. The second-order valence-electron chi connectivity index (χ2n) is 13.5. The first kappa shape index (κ1) is 33.1. The smallest absolute Gasteiger partial charge is 0.236 e. The van der Waals surface area contributed by atoms with Crippen LogP contribution in [0.25, 0.3) is 0 Å². The maximum atomic E-state index is 13.8. The Bertz CT molecular complexity index is 1570. The summed E-state index contributed by atoms with van der Waals surface area (Å²) in [5.41, 5.74) is 3.29. The number of pyridine rings is 1. The summed E-state index contributed by atoms with van der Waals surface area (Å²) in [5, 5.41) is 11.4. The van der Waals surface area contributed by atoms with E-state index in [9.17, 15) is 14.7 Å². The SMILES string of the molecule is CC[C@@H](C)Oc1cc2c(cc1O)CC(=O)N(c1ccc(N(C)CC3CCC(N4CCN(C)C(=O)C4)CC3)nc1)[C@H]2c1ccc(Cl)cc1. The summed E-state index contributed by atoms with van der Waals surface area (Å²) in [6, 6.07) is 15.1. The lowest BCUT2D eigenvalue weighted by atomic mass is 9.84. The number of likely N-dealkylation sites (N-methyl/N-ethyl adjacent to an activating group) is 1. The lowest BCUT2D eigenvalue weighted by Gasteiger charge is -2.41. The van der Waals surface area contributed by atoms with Crippen LogP contribution in [0.3, 0.4) is 0 Å². The van der Waals surface area contributed by atoms with Crippen LogP contribution in [0.2, 0.25) is 5.02 Å². The second-order valence-corrected chi connectivity index (χ2v) is 13.9. The molecule has 6 rings (SSSR count). The van der Waals surface area contributed by atoms with Gasteiger partial charge in [-0.1, -0.05) is 30.7 Å². The zero-order valence-electron chi connectivity index (χ0n) is 27.9. The van der Waals surface area contributed by atoms with Crippen LogP contribution < -0.4 is 14.5 Å². The number of ether oxygens (including phenoxy) is 1. The highest BCUT2D eigenvalue weighted by atomic mass is 35.5. The summed E-state index contributed by atoms with van der Waals surface area (Å²) in [7, 11) is 3.97. The highest BCUT2D eigenvalue weighted by Crippen LogP contribution is 2.43. The molecule has 0 spiro atoms. The third-order valence-electron chi connectivity index (χ3n) is 10.2. The number of piperazine rings is 1. The predicted molar refractivity (Wildman–Crippen MR) is 185 cm³/mol. The number of rotatable bonds is 9. The summed E-state index contributed by atoms with van der Waals surface area (Å²) in [6.07, 6.45) is 7.18. The lowest BCUT2D eigenvalue weighted by Crippen LogP contribution is -2.53. The number of carbonyl (C=O) groups excluding carboxylic acids is 2. The largest absolute Gasteiger partial charge is 0.504 e. The van der Waals surface area contributed by atoms with Gasteiger partial charge in [-0.05, 0) is 98.0 Å². The van der Waals surface area contributed by atoms with Gasteiger partial charge < -0.3 is 19.6 Å². The van der Waals surface area contributed by atoms with Crippen molar-refractivity contribution in [2.24, 2.45) is 5.92 Å². The molecule has 2 aromatic carbocycles. The van der Waals surface area contributed by atoms with Crippen LogP contribution >= 0.6 is 11.6 Å². The molecule has 0 bridgehead atoms. The number of hydrogen-bond acceptors (Lipinski definition) is 7. The third-order valence-corrected chi connectivity index (χ3v) is 10.5. The molecule has 10 heteroatoms. The normalized spacial score (nSPS) is 22.6. The molecule has 1 N–H and O–H groups in total. The molecule has 0 radical (unpaired) electrons. The predicted octanol–water partition coefficient (Wildman–Crippen LogP) is 6.07. The Kier molecular flexibility index (Phi) is 9.94. The summed E-state index contributed by atoms with van der Waals surface area (Å²) in [5.74, 6) is 2.03. The number of anilines is 2. The van der Waals surface area contributed by atoms with Crippen molar-refractivity contribution in [3.8, 4) is 11.5 Å². The quantitative estimate of drug-likeness (QED) is 0.299. The van der Waals surface area contributed by atoms with Gasteiger partial charge in [0.05, 0.1) is 37.0 Å². The van der Waals surface area contributed by atoms with E-state index in [1.807, 2.05) is 68.3 Å². The number of carbonyl (C=O) groups is 2. The van der Waals surface area contributed by atoms with Crippen LogP contribution in [0.5, 0.6) is 11.5 Å². The van der Waals surface area contributed by atoms with E-state index < -0.39 is 6.04 Å². The maximum Gasteiger partial charge on any atom is 0.236 e. The molecule has 1 saturated heterocycles. The number of benzene rings is 2. The Hall–Kier alpha value is -3.82. The van der Waals surface area contributed by atoms with Gasteiger partial charge in [0, 0.05) is 44.8 Å². The van der Waals surface area contributed by atoms with E-state index >= 15 is 0 Å². The maximum absolute atomic E-state index is 13.8. The molecule has 9 nitrogen and oxygen atoms in total. The number of fused-ring (bicyclic) bond motifs is 1. The minimum absolute atomic E-state index is 0.0390. The zero-order valence-corrected chi connectivity index (χ0v) is 28.6. The van der Waals surface area contributed by atoms with Gasteiger partial charge in [-0.2, -0.15) is 0 Å². The Labute approximate surface area is 283 Å². The standard InChI is InChI=1S/C37H46ClN5O4/c1-5-24(2)47-33-20-31-27(18-32(33)44)19-35(45)43(37(31)26-8-10-28(38)11-9-26)30-14-15-34(39-21-30)41(4)22-25-6-12-29(13-7-25)42-17-16-40(3)36(46)23-42/h8-11,14-15,18,20-21,24-25,29,37,44H,5-7,12-13,16-17,19,22-23H2,1-4H3/t24-,25?,29?,37+/m1/s1. The highest BCUT2D eigenvalue weighted by Gasteiger charge is 2.36. The van der Waals surface area contributed by atoms with E-state index in [-0.39, 0.29) is 30.1 Å². The van der Waals surface area contributed by atoms with Crippen LogP contribution in [-0.2, 0) is 16.0 Å². The first-order valence-corrected chi connectivity index (χ1v) is 17.2. The fourth-order valence-corrected chi connectivity index (χ4v) is 7.36. The number of aromatic hydroxyl groups is 1. The van der Waals surface area contributed by atoms with Gasteiger partial charge in [-0.25, -0.2) is 4.98 Å². The van der Waals surface area contributed by atoms with Crippen molar-refractivity contribution in [2.75, 3.05) is 50.1 Å². The fourth-order valence-electron chi connectivity index (χ4n) is 7.24. The molecule has 2 fully saturated rings. The van der Waals surface area contributed by atoms with Gasteiger partial charge in [0.25, 0.3) is 0 Å². The molecule has 0 unspecified atom stereocenters. The molecule has 1 aliphatic carbocycles. The molecule has 2 aliphatic heterocycles. The molecule has 1 saturated carbocycles. The number of aromatic nitrogens is 1. The summed E-state index contributed by atoms with van der Waals surface area (Å²) in [4.78, 5) is 39.1. The first-order chi connectivity index (χ1) is 22.6. The molecule has 3 heterocycles. The first-order valence-electron chi connectivity index (χ1n) is 16.9. The summed E-state index contributed by atoms with van der Waals surface area (Å²) < 4.78 is 6.07. The van der Waals surface area contributed by atoms with Crippen molar-refractivity contribution in [3.05, 3.63) is 76.4 Å². The molecule has 250 valence electrons. The molecule has 1 aromatic heterocycles. The van der Waals surface area contributed by atoms with Crippen molar-refractivity contribution in [2.45, 2.75) is 70.6 Å². The summed E-state index contributed by atoms with van der Waals surface area (Å²) in [6.45, 7) is 7.24. The number of hydrogen-bond donors (Lipinski definition) is 1. The van der Waals surface area contributed by atoms with Gasteiger partial charge in [-0.3, -0.25) is 19.4 Å². The van der Waals surface area contributed by atoms with Crippen molar-refractivity contribution >= 4 is 34.9 Å². The van der Waals surface area contributed by atoms with Crippen molar-refractivity contribution in [1.82, 2.24) is 14.8 Å². The van der Waals surface area contributed by atoms with Gasteiger partial charge >= 0.3 is 0 Å². The Morgan fingerprint density at radius 3 is 2.45 bits per heavy atom. The molecule has 2 amide bonds. The third kappa shape index (κ3) is 7.21. The van der Waals surface area contributed by atoms with E-state index in [0.717, 1.165) is 74.2 Å². The average Bonchev–Trinajstić information content (AvgIpc) is 3.07. The molecule has 3 aromatic rings. The minimum atomic E-state index is -0.445. The number of amides is 2. The molecular weight excluding hydrogens is 614 g/mol. The van der Waals surface area contributed by atoms with E-state index in [1.165, 1.54) is 0 Å². The van der Waals surface area contributed by atoms with Gasteiger partial charge in [0.2, 0.25) is 11.8 Å². The second kappa shape index (κ2) is 14.1. The van der Waals surface area contributed by atoms with E-state index in [2.05, 4.69) is 16.8 Å². The van der Waals surface area contributed by atoms with Crippen LogP contribution in [0.15, 0.2) is 54.7 Å². The Morgan fingerprint density at radius 1 is 1.04 bits per heavy atom. The molecule has 47 heavy (non-hydrogen) atoms. The summed E-state index contributed by atoms with van der Waals surface area (Å²) >= 11 is 6.26. The van der Waals surface area contributed by atoms with E-state index in [0.29, 0.717) is 35.0 Å². The van der Waals surface area contributed by atoms with Crippen molar-refractivity contribution in [1.29, 1.82) is 0 Å². The Morgan fingerprint density at radius 2 is 1.79 bits per heavy atom. The van der Waals surface area contributed by atoms with E-state index in [1.54, 1.807) is 17.2 Å². The highest BCUT2D eigenvalue weighted by molar-refractivity contribution is 6.30. The number of nitrogens with zero attached hydrogens (tertiary/aromatic N) is 5. The number of phenols is 1. The molecule has 3 aliphatic rings. The van der Waals surface area contributed by atoms with E-state index in [4.69, 9.17) is 21.3 Å². The topological polar surface area (TPSA) is 89.5 Å².